The SMILES string of the molecule is Cc1c(NN)ncnc1N(C)CC1CC1. The lowest BCUT2D eigenvalue weighted by Gasteiger charge is -2.20. The standard InChI is InChI=1S/C10H17N5/c1-7-9(14-11)12-6-13-10(7)15(2)5-8-3-4-8/h6,8H,3-5,11H2,1-2H3,(H,12,13,14). The number of aromatic nitrogens is 2. The molecule has 0 unspecified atom stereocenters. The number of nitrogens with one attached hydrogen (secondary N) is 1. The zero-order valence-electron chi connectivity index (χ0n) is 9.20. The first-order valence-electron chi connectivity index (χ1n) is 5.21. The molecule has 5 nitrogen and oxygen atoms in total. The van der Waals surface area contributed by atoms with Crippen LogP contribution in [-0.4, -0.2) is 23.6 Å². The normalized spacial score (nSPS) is 15.1. The smallest absolute Gasteiger partial charge is 0.148 e. The van der Waals surface area contributed by atoms with Crippen molar-refractivity contribution in [3.8, 4) is 0 Å². The number of nitrogen functional groups attached to an aromatic ring is 1. The van der Waals surface area contributed by atoms with Crippen LogP contribution >= 0.6 is 0 Å². The zero-order valence-corrected chi connectivity index (χ0v) is 9.20. The predicted molar refractivity (Wildman–Crippen MR) is 60.6 cm³/mol. The van der Waals surface area contributed by atoms with Crippen LogP contribution in [0.25, 0.3) is 0 Å². The molecule has 2 rings (SSSR count). The molecular weight excluding hydrogens is 190 g/mol. The van der Waals surface area contributed by atoms with Crippen LogP contribution in [0.1, 0.15) is 18.4 Å². The van der Waals surface area contributed by atoms with Crippen LogP contribution in [0, 0.1) is 12.8 Å². The molecule has 1 heterocycles. The Balaban J connectivity index is 2.17. The maximum absolute atomic E-state index is 5.37. The monoisotopic (exact) mass is 207 g/mol. The summed E-state index contributed by atoms with van der Waals surface area (Å²) < 4.78 is 0. The zero-order chi connectivity index (χ0) is 10.8. The van der Waals surface area contributed by atoms with Crippen LogP contribution in [0.3, 0.4) is 0 Å². The molecule has 0 amide bonds. The highest BCUT2D eigenvalue weighted by Gasteiger charge is 2.24. The van der Waals surface area contributed by atoms with Crippen LogP contribution in [0.4, 0.5) is 11.6 Å². The van der Waals surface area contributed by atoms with E-state index in [0.29, 0.717) is 5.82 Å². The van der Waals surface area contributed by atoms with Gasteiger partial charge in [0, 0.05) is 19.2 Å². The third kappa shape index (κ3) is 2.18. The van der Waals surface area contributed by atoms with Gasteiger partial charge in [0.2, 0.25) is 0 Å². The van der Waals surface area contributed by atoms with E-state index in [2.05, 4.69) is 27.3 Å². The van der Waals surface area contributed by atoms with Crippen molar-refractivity contribution < 1.29 is 0 Å². The molecule has 15 heavy (non-hydrogen) atoms. The summed E-state index contributed by atoms with van der Waals surface area (Å²) >= 11 is 0. The lowest BCUT2D eigenvalue weighted by molar-refractivity contribution is 0.772. The number of hydrazine groups is 1. The van der Waals surface area contributed by atoms with Crippen LogP contribution in [0.5, 0.6) is 0 Å². The molecule has 0 radical (unpaired) electrons. The molecule has 1 fully saturated rings. The highest BCUT2D eigenvalue weighted by Crippen LogP contribution is 2.31. The van der Waals surface area contributed by atoms with Crippen molar-refractivity contribution in [1.82, 2.24) is 9.97 Å². The van der Waals surface area contributed by atoms with Crippen LogP contribution in [0.2, 0.25) is 0 Å². The number of hydrogen-bond donors (Lipinski definition) is 2. The quantitative estimate of drug-likeness (QED) is 0.567. The fourth-order valence-electron chi connectivity index (χ4n) is 1.75. The summed E-state index contributed by atoms with van der Waals surface area (Å²) in [4.78, 5) is 10.5. The summed E-state index contributed by atoms with van der Waals surface area (Å²) in [6, 6.07) is 0. The lowest BCUT2D eigenvalue weighted by atomic mass is 10.3. The topological polar surface area (TPSA) is 67.1 Å². The minimum atomic E-state index is 0.697. The van der Waals surface area contributed by atoms with Gasteiger partial charge in [-0.2, -0.15) is 0 Å². The Morgan fingerprint density at radius 1 is 1.53 bits per heavy atom. The van der Waals surface area contributed by atoms with Gasteiger partial charge in [-0.05, 0) is 25.7 Å². The predicted octanol–water partition coefficient (Wildman–Crippen LogP) is 0.917. The van der Waals surface area contributed by atoms with Crippen molar-refractivity contribution in [3.05, 3.63) is 11.9 Å². The molecule has 1 aromatic heterocycles. The number of rotatable bonds is 4. The van der Waals surface area contributed by atoms with Crippen LogP contribution in [0.15, 0.2) is 6.33 Å². The van der Waals surface area contributed by atoms with Gasteiger partial charge in [-0.3, -0.25) is 0 Å². The number of nitrogens with zero attached hydrogens (tertiary/aromatic N) is 3. The second kappa shape index (κ2) is 4.02. The van der Waals surface area contributed by atoms with E-state index in [1.165, 1.54) is 12.8 Å². The van der Waals surface area contributed by atoms with Gasteiger partial charge in [0.05, 0.1) is 0 Å². The Morgan fingerprint density at radius 3 is 2.87 bits per heavy atom. The highest BCUT2D eigenvalue weighted by atomic mass is 15.3. The molecule has 82 valence electrons. The van der Waals surface area contributed by atoms with Crippen molar-refractivity contribution in [2.75, 3.05) is 23.9 Å². The maximum atomic E-state index is 5.37. The second-order valence-electron chi connectivity index (χ2n) is 4.14. The van der Waals surface area contributed by atoms with Gasteiger partial charge >= 0.3 is 0 Å². The van der Waals surface area contributed by atoms with E-state index in [1.54, 1.807) is 6.33 Å². The minimum Gasteiger partial charge on any atom is -0.359 e. The van der Waals surface area contributed by atoms with Gasteiger partial charge in [0.25, 0.3) is 0 Å². The molecule has 0 atom stereocenters. The van der Waals surface area contributed by atoms with Gasteiger partial charge in [-0.1, -0.05) is 0 Å². The molecule has 3 N–H and O–H groups in total. The minimum absolute atomic E-state index is 0.697. The molecule has 0 spiro atoms. The van der Waals surface area contributed by atoms with Gasteiger partial charge in [-0.15, -0.1) is 0 Å². The molecule has 1 aromatic rings. The number of anilines is 2. The summed E-state index contributed by atoms with van der Waals surface area (Å²) in [7, 11) is 2.06. The Labute approximate surface area is 89.7 Å². The van der Waals surface area contributed by atoms with Crippen molar-refractivity contribution >= 4 is 11.6 Å². The van der Waals surface area contributed by atoms with E-state index >= 15 is 0 Å². The molecule has 1 aliphatic carbocycles. The summed E-state index contributed by atoms with van der Waals surface area (Å²) in [5.74, 6) is 7.88. The first kappa shape index (κ1) is 10.2. The van der Waals surface area contributed by atoms with Crippen LogP contribution < -0.4 is 16.2 Å². The average molecular weight is 207 g/mol. The third-order valence-electron chi connectivity index (χ3n) is 2.78. The molecule has 0 aliphatic heterocycles. The second-order valence-corrected chi connectivity index (χ2v) is 4.14. The first-order chi connectivity index (χ1) is 7.22. The summed E-state index contributed by atoms with van der Waals surface area (Å²) in [5, 5.41) is 0. The largest absolute Gasteiger partial charge is 0.359 e. The molecule has 0 saturated heterocycles. The summed E-state index contributed by atoms with van der Waals surface area (Å²) in [6.07, 6.45) is 4.23. The summed E-state index contributed by atoms with van der Waals surface area (Å²) in [6.45, 7) is 3.05. The van der Waals surface area contributed by atoms with E-state index in [0.717, 1.165) is 23.8 Å². The van der Waals surface area contributed by atoms with E-state index in [9.17, 15) is 0 Å². The number of hydrogen-bond acceptors (Lipinski definition) is 5. The van der Waals surface area contributed by atoms with Gasteiger partial charge in [-0.25, -0.2) is 15.8 Å². The highest BCUT2D eigenvalue weighted by molar-refractivity contribution is 5.57. The average Bonchev–Trinajstić information content (AvgIpc) is 3.02. The van der Waals surface area contributed by atoms with E-state index in [4.69, 9.17) is 5.84 Å². The number of nitrogens with two attached hydrogens (primary N) is 1. The Morgan fingerprint density at radius 2 is 2.27 bits per heavy atom. The first-order valence-corrected chi connectivity index (χ1v) is 5.21. The molecule has 5 heteroatoms. The van der Waals surface area contributed by atoms with Crippen molar-refractivity contribution in [1.29, 1.82) is 0 Å². The molecule has 1 aliphatic rings. The van der Waals surface area contributed by atoms with Crippen molar-refractivity contribution in [3.63, 3.8) is 0 Å². The van der Waals surface area contributed by atoms with E-state index in [-0.39, 0.29) is 0 Å². The molecule has 0 aromatic carbocycles. The Bertz CT molecular complexity index is 348. The van der Waals surface area contributed by atoms with Crippen LogP contribution in [-0.2, 0) is 0 Å². The van der Waals surface area contributed by atoms with Gasteiger partial charge in [0.1, 0.15) is 18.0 Å². The Kier molecular flexibility index (Phi) is 2.73. The maximum Gasteiger partial charge on any atom is 0.148 e. The molecular formula is C10H17N5. The lowest BCUT2D eigenvalue weighted by Crippen LogP contribution is -2.23. The van der Waals surface area contributed by atoms with Crippen molar-refractivity contribution in [2.45, 2.75) is 19.8 Å². The summed E-state index contributed by atoms with van der Waals surface area (Å²) in [5.41, 5.74) is 3.58. The van der Waals surface area contributed by atoms with Gasteiger partial charge < -0.3 is 10.3 Å². The fourth-order valence-corrected chi connectivity index (χ4v) is 1.75. The third-order valence-corrected chi connectivity index (χ3v) is 2.78. The fraction of sp³-hybridized carbons (Fsp3) is 0.600. The Hall–Kier alpha value is -1.36. The van der Waals surface area contributed by atoms with Gasteiger partial charge in [0.15, 0.2) is 0 Å². The molecule has 1 saturated carbocycles. The molecule has 0 bridgehead atoms. The van der Waals surface area contributed by atoms with E-state index in [1.807, 2.05) is 6.92 Å². The van der Waals surface area contributed by atoms with Crippen molar-refractivity contribution in [2.24, 2.45) is 11.8 Å². The van der Waals surface area contributed by atoms with E-state index < -0.39 is 0 Å².